The second-order valence-corrected chi connectivity index (χ2v) is 8.45. The van der Waals surface area contributed by atoms with Crippen LogP contribution in [0.5, 0.6) is 0 Å². The molecule has 2 heterocycles. The van der Waals surface area contributed by atoms with Gasteiger partial charge in [0.25, 0.3) is 0 Å². The summed E-state index contributed by atoms with van der Waals surface area (Å²) < 4.78 is 5.49. The molecule has 140 valence electrons. The van der Waals surface area contributed by atoms with Gasteiger partial charge in [0, 0.05) is 25.2 Å². The molecule has 5 heteroatoms. The van der Waals surface area contributed by atoms with E-state index < -0.39 is 5.60 Å². The Balaban J connectivity index is 1.65. The van der Waals surface area contributed by atoms with E-state index in [9.17, 15) is 4.79 Å². The Morgan fingerprint density at radius 2 is 1.96 bits per heavy atom. The van der Waals surface area contributed by atoms with Crippen LogP contribution in [0.4, 0.5) is 4.79 Å². The molecule has 0 radical (unpaired) electrons. The summed E-state index contributed by atoms with van der Waals surface area (Å²) in [7, 11) is 0. The lowest BCUT2D eigenvalue weighted by atomic mass is 10.0. The van der Waals surface area contributed by atoms with Crippen LogP contribution in [0.15, 0.2) is 0 Å². The monoisotopic (exact) mass is 339 g/mol. The van der Waals surface area contributed by atoms with Gasteiger partial charge in [0.15, 0.2) is 0 Å². The lowest BCUT2D eigenvalue weighted by Crippen LogP contribution is -2.49. The van der Waals surface area contributed by atoms with Crippen molar-refractivity contribution in [3.63, 3.8) is 0 Å². The number of ether oxygens (including phenoxy) is 1. The SMILES string of the molecule is CC1CCCCN1CCCNC1CCCN(C(=O)OC(C)(C)C)C1. The molecule has 2 rings (SSSR count). The third-order valence-electron chi connectivity index (χ3n) is 5.07. The highest BCUT2D eigenvalue weighted by Crippen LogP contribution is 2.17. The highest BCUT2D eigenvalue weighted by Gasteiger charge is 2.27. The second kappa shape index (κ2) is 9.04. The van der Waals surface area contributed by atoms with Crippen molar-refractivity contribution >= 4 is 6.09 Å². The van der Waals surface area contributed by atoms with Crippen molar-refractivity contribution in [3.8, 4) is 0 Å². The molecule has 2 aliphatic rings. The van der Waals surface area contributed by atoms with Crippen molar-refractivity contribution in [1.29, 1.82) is 0 Å². The van der Waals surface area contributed by atoms with E-state index in [0.717, 1.165) is 38.5 Å². The molecule has 1 amide bonds. The minimum absolute atomic E-state index is 0.170. The molecule has 0 saturated carbocycles. The third kappa shape index (κ3) is 6.60. The Hall–Kier alpha value is -0.810. The van der Waals surface area contributed by atoms with Crippen LogP contribution in [-0.4, -0.2) is 66.3 Å². The molecule has 0 aromatic carbocycles. The van der Waals surface area contributed by atoms with E-state index in [0.29, 0.717) is 6.04 Å². The molecule has 1 N–H and O–H groups in total. The van der Waals surface area contributed by atoms with Crippen LogP contribution in [0.2, 0.25) is 0 Å². The first-order valence-electron chi connectivity index (χ1n) is 9.80. The van der Waals surface area contributed by atoms with Gasteiger partial charge < -0.3 is 19.9 Å². The zero-order valence-corrected chi connectivity index (χ0v) is 16.1. The molecule has 2 aliphatic heterocycles. The fourth-order valence-electron chi connectivity index (χ4n) is 3.71. The molecule has 0 aromatic heterocycles. The van der Waals surface area contributed by atoms with Crippen molar-refractivity contribution in [3.05, 3.63) is 0 Å². The van der Waals surface area contributed by atoms with Crippen LogP contribution >= 0.6 is 0 Å². The van der Waals surface area contributed by atoms with Crippen LogP contribution < -0.4 is 5.32 Å². The normalized spacial score (nSPS) is 26.4. The summed E-state index contributed by atoms with van der Waals surface area (Å²) in [6.07, 6.45) is 7.31. The first kappa shape index (κ1) is 19.5. The average Bonchev–Trinajstić information content (AvgIpc) is 2.52. The maximum atomic E-state index is 12.2. The van der Waals surface area contributed by atoms with Crippen LogP contribution in [0.1, 0.15) is 66.2 Å². The Labute approximate surface area is 148 Å². The number of amides is 1. The number of carbonyl (C=O) groups is 1. The summed E-state index contributed by atoms with van der Waals surface area (Å²) in [5.41, 5.74) is -0.414. The zero-order chi connectivity index (χ0) is 17.6. The maximum absolute atomic E-state index is 12.2. The van der Waals surface area contributed by atoms with E-state index in [1.165, 1.54) is 38.8 Å². The molecule has 0 spiro atoms. The van der Waals surface area contributed by atoms with Gasteiger partial charge in [-0.15, -0.1) is 0 Å². The van der Waals surface area contributed by atoms with E-state index in [4.69, 9.17) is 4.74 Å². The molecule has 2 fully saturated rings. The minimum Gasteiger partial charge on any atom is -0.444 e. The largest absolute Gasteiger partial charge is 0.444 e. The Morgan fingerprint density at radius 3 is 2.67 bits per heavy atom. The topological polar surface area (TPSA) is 44.8 Å². The molecule has 0 aliphatic carbocycles. The van der Waals surface area contributed by atoms with Gasteiger partial charge in [-0.05, 0) is 79.4 Å². The number of nitrogens with one attached hydrogen (secondary N) is 1. The summed E-state index contributed by atoms with van der Waals surface area (Å²) >= 11 is 0. The van der Waals surface area contributed by atoms with Crippen molar-refractivity contribution in [1.82, 2.24) is 15.1 Å². The molecular weight excluding hydrogens is 302 g/mol. The summed E-state index contributed by atoms with van der Waals surface area (Å²) in [4.78, 5) is 16.7. The van der Waals surface area contributed by atoms with Crippen molar-refractivity contribution in [2.75, 3.05) is 32.7 Å². The third-order valence-corrected chi connectivity index (χ3v) is 5.07. The molecule has 24 heavy (non-hydrogen) atoms. The first-order valence-corrected chi connectivity index (χ1v) is 9.80. The number of nitrogens with zero attached hydrogens (tertiary/aromatic N) is 2. The van der Waals surface area contributed by atoms with Crippen LogP contribution in [0.25, 0.3) is 0 Å². The Morgan fingerprint density at radius 1 is 1.17 bits per heavy atom. The molecule has 2 unspecified atom stereocenters. The van der Waals surface area contributed by atoms with Gasteiger partial charge in [0.2, 0.25) is 0 Å². The highest BCUT2D eigenvalue weighted by atomic mass is 16.6. The molecular formula is C19H37N3O2. The summed E-state index contributed by atoms with van der Waals surface area (Å²) in [5, 5.41) is 3.65. The van der Waals surface area contributed by atoms with E-state index in [2.05, 4.69) is 17.1 Å². The quantitative estimate of drug-likeness (QED) is 0.781. The maximum Gasteiger partial charge on any atom is 0.410 e. The number of piperidine rings is 2. The van der Waals surface area contributed by atoms with Crippen LogP contribution in [0.3, 0.4) is 0 Å². The number of hydrogen-bond donors (Lipinski definition) is 1. The molecule has 2 saturated heterocycles. The molecule has 0 aromatic rings. The average molecular weight is 340 g/mol. The van der Waals surface area contributed by atoms with Gasteiger partial charge in [0.1, 0.15) is 5.60 Å². The van der Waals surface area contributed by atoms with Crippen molar-refractivity contribution in [2.45, 2.75) is 83.9 Å². The lowest BCUT2D eigenvalue weighted by molar-refractivity contribution is 0.0187. The van der Waals surface area contributed by atoms with Gasteiger partial charge in [-0.3, -0.25) is 0 Å². The van der Waals surface area contributed by atoms with Crippen LogP contribution in [-0.2, 0) is 4.74 Å². The number of carbonyl (C=O) groups excluding carboxylic acids is 1. The van der Waals surface area contributed by atoms with E-state index in [1.54, 1.807) is 0 Å². The smallest absolute Gasteiger partial charge is 0.410 e. The van der Waals surface area contributed by atoms with Crippen LogP contribution in [0, 0.1) is 0 Å². The first-order chi connectivity index (χ1) is 11.3. The minimum atomic E-state index is -0.414. The predicted molar refractivity (Wildman–Crippen MR) is 98.3 cm³/mol. The number of likely N-dealkylation sites (tertiary alicyclic amines) is 2. The standard InChI is InChI=1S/C19H37N3O2/c1-16-9-5-6-12-21(16)14-8-11-20-17-10-7-13-22(15-17)18(23)24-19(2,3)4/h16-17,20H,5-15H2,1-4H3. The van der Waals surface area contributed by atoms with E-state index in [-0.39, 0.29) is 6.09 Å². The molecule has 0 bridgehead atoms. The van der Waals surface area contributed by atoms with Gasteiger partial charge in [0.05, 0.1) is 0 Å². The Bertz CT molecular complexity index is 395. The Kier molecular flexibility index (Phi) is 7.35. The fourth-order valence-corrected chi connectivity index (χ4v) is 3.71. The summed E-state index contributed by atoms with van der Waals surface area (Å²) in [6, 6.07) is 1.15. The van der Waals surface area contributed by atoms with Gasteiger partial charge in [-0.2, -0.15) is 0 Å². The van der Waals surface area contributed by atoms with Gasteiger partial charge in [-0.1, -0.05) is 6.42 Å². The van der Waals surface area contributed by atoms with Crippen molar-refractivity contribution in [2.24, 2.45) is 0 Å². The van der Waals surface area contributed by atoms with E-state index >= 15 is 0 Å². The van der Waals surface area contributed by atoms with Crippen molar-refractivity contribution < 1.29 is 9.53 Å². The summed E-state index contributed by atoms with van der Waals surface area (Å²) in [6.45, 7) is 13.2. The fraction of sp³-hybridized carbons (Fsp3) is 0.947. The van der Waals surface area contributed by atoms with Gasteiger partial charge in [-0.25, -0.2) is 4.79 Å². The summed E-state index contributed by atoms with van der Waals surface area (Å²) in [5.74, 6) is 0. The van der Waals surface area contributed by atoms with Gasteiger partial charge >= 0.3 is 6.09 Å². The van der Waals surface area contributed by atoms with E-state index in [1.807, 2.05) is 25.7 Å². The number of hydrogen-bond acceptors (Lipinski definition) is 4. The lowest BCUT2D eigenvalue weighted by Gasteiger charge is -2.35. The zero-order valence-electron chi connectivity index (χ0n) is 16.1. The second-order valence-electron chi connectivity index (χ2n) is 8.45. The highest BCUT2D eigenvalue weighted by molar-refractivity contribution is 5.68. The molecule has 2 atom stereocenters. The number of rotatable bonds is 5. The molecule has 5 nitrogen and oxygen atoms in total. The predicted octanol–water partition coefficient (Wildman–Crippen LogP) is 3.24.